The van der Waals surface area contributed by atoms with Gasteiger partial charge in [-0.3, -0.25) is 38.9 Å². The zero-order chi connectivity index (χ0) is 36.4. The molecule has 0 saturated heterocycles. The highest BCUT2D eigenvalue weighted by atomic mass is 16.3. The van der Waals surface area contributed by atoms with Gasteiger partial charge in [-0.2, -0.15) is 0 Å². The maximum atomic E-state index is 14.4. The Morgan fingerprint density at radius 3 is 1.20 bits per heavy atom. The number of nitrogens with two attached hydrogens (primary N) is 2. The van der Waals surface area contributed by atoms with Gasteiger partial charge in [0.15, 0.2) is 0 Å². The van der Waals surface area contributed by atoms with Gasteiger partial charge in [-0.1, -0.05) is 88.4 Å². The maximum absolute atomic E-state index is 14.4. The van der Waals surface area contributed by atoms with Crippen LogP contribution in [-0.2, 0) is 22.4 Å². The number of benzene rings is 2. The second-order valence-corrected chi connectivity index (χ2v) is 13.0. The molecule has 262 valence electrons. The molecule has 0 bridgehead atoms. The van der Waals surface area contributed by atoms with Crippen molar-refractivity contribution in [2.75, 3.05) is 0 Å². The van der Waals surface area contributed by atoms with E-state index >= 15 is 0 Å². The zero-order valence-corrected chi connectivity index (χ0v) is 28.9. The lowest BCUT2D eigenvalue weighted by atomic mass is 9.88. The smallest absolute Gasteiger partial charge is 0.260 e. The third-order valence-electron chi connectivity index (χ3n) is 8.80. The quantitative estimate of drug-likeness (QED) is 0.180. The number of carbonyl (C=O) groups is 4. The number of hydrogen-bond acceptors (Lipinski definition) is 9. The largest absolute Gasteiger partial charge is 0.389 e. The van der Waals surface area contributed by atoms with Gasteiger partial charge in [-0.25, -0.2) is 0 Å². The second kappa shape index (κ2) is 17.5. The summed E-state index contributed by atoms with van der Waals surface area (Å²) in [6.07, 6.45) is 4.03. The molecule has 4 amide bonds. The summed E-state index contributed by atoms with van der Waals surface area (Å²) >= 11 is 0. The minimum Gasteiger partial charge on any atom is -0.389 e. The number of hydrogen-bond donors (Lipinski definition) is 3. The summed E-state index contributed by atoms with van der Waals surface area (Å²) < 4.78 is 0. The Hall–Kier alpha value is -5.10. The number of aromatic nitrogens is 2. The summed E-state index contributed by atoms with van der Waals surface area (Å²) in [4.78, 5) is 67.6. The molecule has 50 heavy (non-hydrogen) atoms. The zero-order valence-electron chi connectivity index (χ0n) is 28.9. The van der Waals surface area contributed by atoms with Crippen molar-refractivity contribution in [3.8, 4) is 0 Å². The van der Waals surface area contributed by atoms with Crippen molar-refractivity contribution in [1.82, 2.24) is 19.8 Å². The normalized spacial score (nSPS) is 14.3. The van der Waals surface area contributed by atoms with Crippen molar-refractivity contribution >= 4 is 23.6 Å². The van der Waals surface area contributed by atoms with E-state index < -0.39 is 53.9 Å². The van der Waals surface area contributed by atoms with Crippen LogP contribution < -0.4 is 11.5 Å². The molecule has 2 heterocycles. The fourth-order valence-corrected chi connectivity index (χ4v) is 5.68. The Balaban J connectivity index is 1.98. The van der Waals surface area contributed by atoms with Crippen molar-refractivity contribution in [2.45, 2.75) is 70.8 Å². The molecule has 0 aliphatic carbocycles. The third kappa shape index (κ3) is 9.12. The Labute approximate surface area is 293 Å². The second-order valence-electron chi connectivity index (χ2n) is 13.0. The van der Waals surface area contributed by atoms with Crippen molar-refractivity contribution in [3.63, 3.8) is 0 Å². The topological polar surface area (TPSA) is 173 Å². The van der Waals surface area contributed by atoms with E-state index in [4.69, 9.17) is 11.5 Å². The molecule has 0 fully saturated rings. The van der Waals surface area contributed by atoms with Crippen LogP contribution >= 0.6 is 0 Å². The first-order valence-electron chi connectivity index (χ1n) is 16.7. The molecule has 2 aromatic heterocycles. The molecule has 2 aromatic carbocycles. The minimum atomic E-state index is -1.67. The highest BCUT2D eigenvalue weighted by molar-refractivity contribution is 6.07. The molecule has 0 aliphatic rings. The average Bonchev–Trinajstić information content (AvgIpc) is 3.14. The third-order valence-corrected chi connectivity index (χ3v) is 8.80. The van der Waals surface area contributed by atoms with E-state index in [0.29, 0.717) is 11.1 Å². The van der Waals surface area contributed by atoms with E-state index in [2.05, 4.69) is 9.97 Å². The SMILES string of the molecule is CC(C)[C@H](N)C(=O)N(C(=O)c1ccncc1)C(Cc1ccccc1)C(O)C(Cc1ccccc1)N(C(=O)c1ccncc1)C(=O)[C@@H](N)C(C)C. The number of imide groups is 2. The lowest BCUT2D eigenvalue weighted by Crippen LogP contribution is -2.64. The summed E-state index contributed by atoms with van der Waals surface area (Å²) in [5.74, 6) is -3.55. The summed E-state index contributed by atoms with van der Waals surface area (Å²) in [6, 6.07) is 19.2. The number of nitrogens with zero attached hydrogens (tertiary/aromatic N) is 4. The van der Waals surface area contributed by atoms with Gasteiger partial charge in [-0.15, -0.1) is 0 Å². The van der Waals surface area contributed by atoms with Gasteiger partial charge in [0.05, 0.1) is 30.3 Å². The number of amides is 4. The maximum Gasteiger partial charge on any atom is 0.260 e. The number of pyridine rings is 2. The van der Waals surface area contributed by atoms with E-state index in [-0.39, 0.29) is 35.8 Å². The highest BCUT2D eigenvalue weighted by Gasteiger charge is 2.45. The van der Waals surface area contributed by atoms with Gasteiger partial charge >= 0.3 is 0 Å². The predicted molar refractivity (Wildman–Crippen MR) is 190 cm³/mol. The van der Waals surface area contributed by atoms with Crippen molar-refractivity contribution < 1.29 is 24.3 Å². The van der Waals surface area contributed by atoms with Crippen LogP contribution in [0.25, 0.3) is 0 Å². The number of rotatable bonds is 14. The molecular weight excluding hydrogens is 632 g/mol. The van der Waals surface area contributed by atoms with Crippen LogP contribution in [0.5, 0.6) is 0 Å². The fraction of sp³-hybridized carbons (Fsp3) is 0.333. The van der Waals surface area contributed by atoms with Crippen molar-refractivity contribution in [2.24, 2.45) is 23.3 Å². The van der Waals surface area contributed by atoms with Gasteiger partial charge in [0.25, 0.3) is 11.8 Å². The summed E-state index contributed by atoms with van der Waals surface area (Å²) in [5.41, 5.74) is 14.6. The van der Waals surface area contributed by atoms with E-state index in [1.54, 1.807) is 52.0 Å². The van der Waals surface area contributed by atoms with E-state index in [1.807, 2.05) is 36.4 Å². The van der Waals surface area contributed by atoms with Crippen LogP contribution in [0.1, 0.15) is 59.5 Å². The Morgan fingerprint density at radius 2 is 0.900 bits per heavy atom. The fourth-order valence-electron chi connectivity index (χ4n) is 5.68. The van der Waals surface area contributed by atoms with Gasteiger partial charge in [0, 0.05) is 35.9 Å². The molecule has 5 N–H and O–H groups in total. The highest BCUT2D eigenvalue weighted by Crippen LogP contribution is 2.27. The van der Waals surface area contributed by atoms with E-state index in [1.165, 1.54) is 49.1 Å². The average molecular weight is 679 g/mol. The predicted octanol–water partition coefficient (Wildman–Crippen LogP) is 3.66. The molecule has 4 atom stereocenters. The van der Waals surface area contributed by atoms with Crippen LogP contribution in [0.2, 0.25) is 0 Å². The first kappa shape index (κ1) is 37.7. The van der Waals surface area contributed by atoms with Crippen LogP contribution in [0, 0.1) is 11.8 Å². The van der Waals surface area contributed by atoms with Crippen LogP contribution in [-0.4, -0.2) is 78.8 Å². The molecule has 2 unspecified atom stereocenters. The molecule has 0 radical (unpaired) electrons. The van der Waals surface area contributed by atoms with Gasteiger partial charge in [-0.05, 0) is 60.1 Å². The van der Waals surface area contributed by atoms with E-state index in [0.717, 1.165) is 9.80 Å². The minimum absolute atomic E-state index is 0.0115. The summed E-state index contributed by atoms with van der Waals surface area (Å²) in [5, 5.41) is 12.8. The standard InChI is InChI=1S/C39H46N6O5/c1-25(2)33(40)38(49)44(36(47)29-15-19-42-20-16-29)31(23-27-11-7-5-8-12-27)35(46)32(24-28-13-9-6-10-14-28)45(39(50)34(41)26(3)4)37(48)30-17-21-43-22-18-30/h5-22,25-26,31-35,46H,23-24,40-41H2,1-4H3/t31?,32?,33-,34-,35?/m0/s1. The first-order chi connectivity index (χ1) is 23.9. The molecule has 11 heteroatoms. The van der Waals surface area contributed by atoms with Crippen molar-refractivity contribution in [3.05, 3.63) is 132 Å². The molecule has 0 saturated carbocycles. The number of carbonyl (C=O) groups excluding carboxylic acids is 4. The molecule has 0 aliphatic heterocycles. The molecule has 4 rings (SSSR count). The first-order valence-corrected chi connectivity index (χ1v) is 16.7. The van der Waals surface area contributed by atoms with Crippen molar-refractivity contribution in [1.29, 1.82) is 0 Å². The van der Waals surface area contributed by atoms with Crippen LogP contribution in [0.4, 0.5) is 0 Å². The molecular formula is C39H46N6O5. The van der Waals surface area contributed by atoms with Crippen LogP contribution in [0.3, 0.4) is 0 Å². The lowest BCUT2D eigenvalue weighted by Gasteiger charge is -2.42. The number of aliphatic hydroxyl groups is 1. The van der Waals surface area contributed by atoms with Gasteiger partial charge in [0.2, 0.25) is 11.8 Å². The molecule has 4 aromatic rings. The molecule has 11 nitrogen and oxygen atoms in total. The van der Waals surface area contributed by atoms with Gasteiger partial charge in [0.1, 0.15) is 0 Å². The number of aliphatic hydroxyl groups excluding tert-OH is 1. The van der Waals surface area contributed by atoms with Crippen LogP contribution in [0.15, 0.2) is 110 Å². The monoisotopic (exact) mass is 678 g/mol. The summed E-state index contributed by atoms with van der Waals surface area (Å²) in [6.45, 7) is 7.05. The van der Waals surface area contributed by atoms with E-state index in [9.17, 15) is 24.3 Å². The summed E-state index contributed by atoms with van der Waals surface area (Å²) in [7, 11) is 0. The Kier molecular flexibility index (Phi) is 13.2. The lowest BCUT2D eigenvalue weighted by molar-refractivity contribution is -0.139. The Morgan fingerprint density at radius 1 is 0.580 bits per heavy atom. The molecule has 0 spiro atoms. The van der Waals surface area contributed by atoms with Gasteiger partial charge < -0.3 is 16.6 Å². The Bertz CT molecular complexity index is 1580.